The molecule has 0 bridgehead atoms. The number of hydrogen-bond acceptors (Lipinski definition) is 6. The van der Waals surface area contributed by atoms with E-state index in [1.165, 1.54) is 24.5 Å². The fourth-order valence-corrected chi connectivity index (χ4v) is 2.19. The van der Waals surface area contributed by atoms with Crippen molar-refractivity contribution in [3.05, 3.63) is 56.1 Å². The number of benzene rings is 1. The highest BCUT2D eigenvalue weighted by atomic mass is 32.1. The summed E-state index contributed by atoms with van der Waals surface area (Å²) in [5.41, 5.74) is -0.304. The highest BCUT2D eigenvalue weighted by Gasteiger charge is 2.21. The number of nitrogens with zero attached hydrogens (tertiary/aromatic N) is 1. The van der Waals surface area contributed by atoms with Crippen molar-refractivity contribution in [3.63, 3.8) is 0 Å². The Morgan fingerprint density at radius 1 is 1.27 bits per heavy atom. The van der Waals surface area contributed by atoms with Crippen LogP contribution in [0.3, 0.4) is 0 Å². The molecule has 2 aromatic rings. The summed E-state index contributed by atoms with van der Waals surface area (Å²) in [6.07, 6.45) is 2.46. The molecule has 0 spiro atoms. The van der Waals surface area contributed by atoms with E-state index < -0.39 is 16.3 Å². The molecule has 1 aromatic carbocycles. The van der Waals surface area contributed by atoms with Crippen molar-refractivity contribution >= 4 is 46.0 Å². The number of fused-ring (bicyclic) bond motifs is 1. The van der Waals surface area contributed by atoms with Crippen LogP contribution in [0.15, 0.2) is 39.4 Å². The first-order chi connectivity index (χ1) is 10.5. The summed E-state index contributed by atoms with van der Waals surface area (Å²) < 4.78 is 5.27. The second-order valence-corrected chi connectivity index (χ2v) is 4.83. The van der Waals surface area contributed by atoms with Gasteiger partial charge in [-0.1, -0.05) is 0 Å². The maximum absolute atomic E-state index is 12.4. The van der Waals surface area contributed by atoms with Crippen LogP contribution >= 0.6 is 12.2 Å². The van der Waals surface area contributed by atoms with E-state index in [2.05, 4.69) is 10.6 Å². The SMILES string of the molecule is O=C1NC(=S)N/C1=C\c1coc2ccc([N+](=O)[O-])cc2c1=O. The van der Waals surface area contributed by atoms with Crippen molar-refractivity contribution in [2.24, 2.45) is 0 Å². The number of nitro groups is 1. The molecular formula is C13H7N3O5S. The standard InChI is InChI=1S/C13H7N3O5S/c17-11-6(3-9-12(18)15-13(22)14-9)5-21-10-2-1-7(16(19)20)4-8(10)11/h1-5H,(H2,14,15,18,22)/b9-3-. The van der Waals surface area contributed by atoms with E-state index in [9.17, 15) is 19.7 Å². The van der Waals surface area contributed by atoms with Crippen molar-refractivity contribution in [2.75, 3.05) is 0 Å². The molecule has 1 fully saturated rings. The quantitative estimate of drug-likeness (QED) is 0.368. The molecule has 9 heteroatoms. The molecule has 1 aliphatic heterocycles. The van der Waals surface area contributed by atoms with Gasteiger partial charge in [0.1, 0.15) is 17.5 Å². The highest BCUT2D eigenvalue weighted by molar-refractivity contribution is 7.80. The second-order valence-electron chi connectivity index (χ2n) is 4.42. The minimum Gasteiger partial charge on any atom is -0.463 e. The second kappa shape index (κ2) is 5.04. The smallest absolute Gasteiger partial charge is 0.273 e. The topological polar surface area (TPSA) is 114 Å². The molecule has 2 heterocycles. The van der Waals surface area contributed by atoms with Gasteiger partial charge in [0.25, 0.3) is 11.6 Å². The highest BCUT2D eigenvalue weighted by Crippen LogP contribution is 2.19. The van der Waals surface area contributed by atoms with Crippen molar-refractivity contribution in [1.82, 2.24) is 10.6 Å². The van der Waals surface area contributed by atoms with Gasteiger partial charge in [-0.2, -0.15) is 0 Å². The van der Waals surface area contributed by atoms with Crippen LogP contribution in [0, 0.1) is 10.1 Å². The third-order valence-corrected chi connectivity index (χ3v) is 3.22. The zero-order valence-corrected chi connectivity index (χ0v) is 11.6. The Morgan fingerprint density at radius 2 is 2.05 bits per heavy atom. The van der Waals surface area contributed by atoms with Gasteiger partial charge in [-0.05, 0) is 24.4 Å². The maximum atomic E-state index is 12.4. The van der Waals surface area contributed by atoms with Crippen LogP contribution < -0.4 is 16.1 Å². The van der Waals surface area contributed by atoms with E-state index in [-0.39, 0.29) is 33.0 Å². The van der Waals surface area contributed by atoms with Crippen LogP contribution in [0.5, 0.6) is 0 Å². The fourth-order valence-electron chi connectivity index (χ4n) is 1.99. The van der Waals surface area contributed by atoms with Crippen LogP contribution in [0.25, 0.3) is 17.0 Å². The van der Waals surface area contributed by atoms with Crippen LogP contribution in [0.2, 0.25) is 0 Å². The number of non-ortho nitro benzene ring substituents is 1. The average Bonchev–Trinajstić information content (AvgIpc) is 2.79. The summed E-state index contributed by atoms with van der Waals surface area (Å²) in [4.78, 5) is 34.1. The fraction of sp³-hybridized carbons (Fsp3) is 0. The molecule has 0 saturated carbocycles. The van der Waals surface area contributed by atoms with Gasteiger partial charge in [-0.15, -0.1) is 0 Å². The van der Waals surface area contributed by atoms with Crippen LogP contribution in [0.4, 0.5) is 5.69 Å². The van der Waals surface area contributed by atoms with E-state index >= 15 is 0 Å². The lowest BCUT2D eigenvalue weighted by Crippen LogP contribution is -2.21. The molecule has 0 radical (unpaired) electrons. The van der Waals surface area contributed by atoms with Gasteiger partial charge in [-0.25, -0.2) is 0 Å². The van der Waals surface area contributed by atoms with E-state index in [0.717, 1.165) is 6.07 Å². The van der Waals surface area contributed by atoms with Gasteiger partial charge in [0.15, 0.2) is 10.5 Å². The van der Waals surface area contributed by atoms with Crippen molar-refractivity contribution in [1.29, 1.82) is 0 Å². The van der Waals surface area contributed by atoms with E-state index in [1.54, 1.807) is 0 Å². The number of carbonyl (C=O) groups is 1. The Kier molecular flexibility index (Phi) is 3.18. The first-order valence-electron chi connectivity index (χ1n) is 6.00. The number of amides is 1. The van der Waals surface area contributed by atoms with Gasteiger partial charge in [0.2, 0.25) is 0 Å². The molecule has 1 aliphatic rings. The van der Waals surface area contributed by atoms with E-state index in [0.29, 0.717) is 0 Å². The Balaban J connectivity index is 2.16. The molecular weight excluding hydrogens is 310 g/mol. The van der Waals surface area contributed by atoms with Gasteiger partial charge >= 0.3 is 0 Å². The van der Waals surface area contributed by atoms with Gasteiger partial charge in [-0.3, -0.25) is 25.0 Å². The van der Waals surface area contributed by atoms with Crippen LogP contribution in [0.1, 0.15) is 5.56 Å². The Labute approximate surface area is 127 Å². The summed E-state index contributed by atoms with van der Waals surface area (Å²) in [6.45, 7) is 0. The summed E-state index contributed by atoms with van der Waals surface area (Å²) in [5.74, 6) is -0.469. The first kappa shape index (κ1) is 13.9. The third kappa shape index (κ3) is 2.33. The summed E-state index contributed by atoms with van der Waals surface area (Å²) >= 11 is 4.78. The molecule has 2 N–H and O–H groups in total. The number of nitrogens with one attached hydrogen (secondary N) is 2. The maximum Gasteiger partial charge on any atom is 0.273 e. The molecule has 3 rings (SSSR count). The van der Waals surface area contributed by atoms with Gasteiger partial charge in [0, 0.05) is 12.1 Å². The molecule has 22 heavy (non-hydrogen) atoms. The molecule has 0 atom stereocenters. The lowest BCUT2D eigenvalue weighted by atomic mass is 10.1. The molecule has 1 saturated heterocycles. The third-order valence-electron chi connectivity index (χ3n) is 3.01. The number of rotatable bonds is 2. The first-order valence-corrected chi connectivity index (χ1v) is 6.40. The van der Waals surface area contributed by atoms with Crippen molar-refractivity contribution in [2.45, 2.75) is 0 Å². The zero-order chi connectivity index (χ0) is 15.9. The monoisotopic (exact) mass is 317 g/mol. The summed E-state index contributed by atoms with van der Waals surface area (Å²) in [6, 6.07) is 3.73. The lowest BCUT2D eigenvalue weighted by Gasteiger charge is -2.00. The van der Waals surface area contributed by atoms with E-state index in [1.807, 2.05) is 0 Å². The Morgan fingerprint density at radius 3 is 2.68 bits per heavy atom. The minimum atomic E-state index is -0.603. The van der Waals surface area contributed by atoms with Crippen molar-refractivity contribution < 1.29 is 14.1 Å². The van der Waals surface area contributed by atoms with Crippen molar-refractivity contribution in [3.8, 4) is 0 Å². The number of thiocarbonyl (C=S) groups is 1. The molecule has 0 unspecified atom stereocenters. The molecule has 0 aliphatic carbocycles. The average molecular weight is 317 g/mol. The normalized spacial score (nSPS) is 15.9. The largest absolute Gasteiger partial charge is 0.463 e. The predicted molar refractivity (Wildman–Crippen MR) is 81.0 cm³/mol. The predicted octanol–water partition coefficient (Wildman–Crippen LogP) is 1.05. The molecule has 1 aromatic heterocycles. The van der Waals surface area contributed by atoms with Crippen LogP contribution in [-0.4, -0.2) is 15.9 Å². The van der Waals surface area contributed by atoms with Crippen LogP contribution in [-0.2, 0) is 4.79 Å². The van der Waals surface area contributed by atoms with Gasteiger partial charge in [0.05, 0.1) is 15.9 Å². The lowest BCUT2D eigenvalue weighted by molar-refractivity contribution is -0.384. The Hall–Kier alpha value is -3.07. The number of nitro benzene ring substituents is 1. The zero-order valence-electron chi connectivity index (χ0n) is 10.8. The summed E-state index contributed by atoms with van der Waals surface area (Å²) in [5, 5.41) is 15.9. The van der Waals surface area contributed by atoms with E-state index in [4.69, 9.17) is 16.6 Å². The Bertz CT molecular complexity index is 931. The molecule has 110 valence electrons. The molecule has 1 amide bonds. The number of hydrogen-bond donors (Lipinski definition) is 2. The van der Waals surface area contributed by atoms with Gasteiger partial charge < -0.3 is 9.73 Å². The number of carbonyl (C=O) groups excluding carboxylic acids is 1. The summed E-state index contributed by atoms with van der Waals surface area (Å²) in [7, 11) is 0. The minimum absolute atomic E-state index is 0.0598. The molecule has 8 nitrogen and oxygen atoms in total.